The molecule has 0 radical (unpaired) electrons. The molecule has 1 aliphatic carbocycles. The third-order valence-electron chi connectivity index (χ3n) is 6.32. The SMILES string of the molecule is Cc1cc2c(C(N)=O)cccc2n1-c1nc(NCc2ccccc2)c2ccc(C3CC3)n2n1. The summed E-state index contributed by atoms with van der Waals surface area (Å²) in [5, 5.41) is 9.27. The molecule has 5 aromatic rings. The number of carbonyl (C=O) groups excluding carboxylic acids is 1. The largest absolute Gasteiger partial charge is 0.366 e. The maximum Gasteiger partial charge on any atom is 0.254 e. The number of carbonyl (C=O) groups is 1. The average molecular weight is 437 g/mol. The van der Waals surface area contributed by atoms with Gasteiger partial charge in [-0.1, -0.05) is 36.4 Å². The lowest BCUT2D eigenvalue weighted by atomic mass is 10.1. The summed E-state index contributed by atoms with van der Waals surface area (Å²) in [7, 11) is 0. The molecule has 0 bridgehead atoms. The van der Waals surface area contributed by atoms with E-state index in [9.17, 15) is 4.79 Å². The molecule has 3 heterocycles. The topological polar surface area (TPSA) is 90.2 Å². The molecule has 0 spiro atoms. The van der Waals surface area contributed by atoms with Crippen LogP contribution in [-0.4, -0.2) is 25.1 Å². The van der Waals surface area contributed by atoms with Gasteiger partial charge in [-0.25, -0.2) is 4.52 Å². The first-order valence-electron chi connectivity index (χ1n) is 11.2. The molecule has 0 unspecified atom stereocenters. The Morgan fingerprint density at radius 2 is 1.88 bits per heavy atom. The number of primary amides is 1. The number of aryl methyl sites for hydroxylation is 1. The molecular weight excluding hydrogens is 412 g/mol. The summed E-state index contributed by atoms with van der Waals surface area (Å²) in [4.78, 5) is 16.9. The molecule has 0 atom stereocenters. The van der Waals surface area contributed by atoms with E-state index >= 15 is 0 Å². The fourth-order valence-electron chi connectivity index (χ4n) is 4.54. The van der Waals surface area contributed by atoms with Gasteiger partial charge in [-0.15, -0.1) is 5.10 Å². The van der Waals surface area contributed by atoms with E-state index in [1.54, 1.807) is 6.07 Å². The van der Waals surface area contributed by atoms with Crippen LogP contribution < -0.4 is 11.1 Å². The van der Waals surface area contributed by atoms with E-state index < -0.39 is 5.91 Å². The van der Waals surface area contributed by atoms with Crippen LogP contribution in [0.15, 0.2) is 66.7 Å². The van der Waals surface area contributed by atoms with Crippen LogP contribution in [-0.2, 0) is 6.54 Å². The Morgan fingerprint density at radius 3 is 2.64 bits per heavy atom. The standard InChI is InChI=1S/C26H24N6O/c1-16-14-20-19(24(27)33)8-5-9-22(20)31(16)26-29-25(28-15-17-6-3-2-4-7-17)23-13-12-21(18-10-11-18)32(23)30-26/h2-9,12-14,18H,10-11,15H2,1H3,(H2,27,33)(H,28,29,30). The van der Waals surface area contributed by atoms with Gasteiger partial charge in [0.05, 0.1) is 5.52 Å². The Hall–Kier alpha value is -4.13. The molecule has 0 saturated heterocycles. The third-order valence-corrected chi connectivity index (χ3v) is 6.32. The molecule has 33 heavy (non-hydrogen) atoms. The fraction of sp³-hybridized carbons (Fsp3) is 0.192. The lowest BCUT2D eigenvalue weighted by molar-refractivity contribution is 0.100. The molecule has 3 aromatic heterocycles. The number of benzene rings is 2. The van der Waals surface area contributed by atoms with Crippen molar-refractivity contribution in [2.45, 2.75) is 32.2 Å². The zero-order valence-electron chi connectivity index (χ0n) is 18.3. The number of hydrogen-bond donors (Lipinski definition) is 2. The molecule has 6 rings (SSSR count). The summed E-state index contributed by atoms with van der Waals surface area (Å²) in [6.45, 7) is 2.65. The minimum Gasteiger partial charge on any atom is -0.366 e. The molecule has 0 aliphatic heterocycles. The monoisotopic (exact) mass is 436 g/mol. The fourth-order valence-corrected chi connectivity index (χ4v) is 4.54. The quantitative estimate of drug-likeness (QED) is 0.408. The number of nitrogens with one attached hydrogen (secondary N) is 1. The van der Waals surface area contributed by atoms with Gasteiger partial charge in [0.2, 0.25) is 5.91 Å². The Labute approximate surface area is 190 Å². The van der Waals surface area contributed by atoms with Crippen LogP contribution in [0.3, 0.4) is 0 Å². The van der Waals surface area contributed by atoms with Crippen LogP contribution >= 0.6 is 0 Å². The maximum absolute atomic E-state index is 12.0. The molecule has 1 aliphatic rings. The predicted molar refractivity (Wildman–Crippen MR) is 129 cm³/mol. The smallest absolute Gasteiger partial charge is 0.254 e. The second-order valence-electron chi connectivity index (χ2n) is 8.65. The van der Waals surface area contributed by atoms with Gasteiger partial charge in [0.15, 0.2) is 5.82 Å². The van der Waals surface area contributed by atoms with Gasteiger partial charge in [-0.3, -0.25) is 9.36 Å². The number of nitrogens with zero attached hydrogens (tertiary/aromatic N) is 4. The third kappa shape index (κ3) is 3.33. The molecule has 7 nitrogen and oxygen atoms in total. The van der Waals surface area contributed by atoms with E-state index in [1.165, 1.54) is 24.1 Å². The van der Waals surface area contributed by atoms with E-state index in [0.717, 1.165) is 27.9 Å². The second kappa shape index (κ2) is 7.48. The Balaban J connectivity index is 1.53. The Morgan fingerprint density at radius 1 is 1.06 bits per heavy atom. The predicted octanol–water partition coefficient (Wildman–Crippen LogP) is 4.57. The molecule has 1 amide bonds. The highest BCUT2D eigenvalue weighted by atomic mass is 16.1. The molecule has 2 aromatic carbocycles. The van der Waals surface area contributed by atoms with Gasteiger partial charge in [0.1, 0.15) is 5.52 Å². The van der Waals surface area contributed by atoms with Gasteiger partial charge >= 0.3 is 0 Å². The summed E-state index contributed by atoms with van der Waals surface area (Å²) in [5.74, 6) is 1.44. The molecular formula is C26H24N6O. The minimum absolute atomic E-state index is 0.444. The van der Waals surface area contributed by atoms with Gasteiger partial charge in [-0.05, 0) is 55.7 Å². The lowest BCUT2D eigenvalue weighted by Gasteiger charge is -2.13. The minimum atomic E-state index is -0.444. The van der Waals surface area contributed by atoms with E-state index in [1.807, 2.05) is 52.4 Å². The highest BCUT2D eigenvalue weighted by Gasteiger charge is 2.28. The highest BCUT2D eigenvalue weighted by molar-refractivity contribution is 6.06. The molecule has 3 N–H and O–H groups in total. The number of rotatable bonds is 6. The first-order chi connectivity index (χ1) is 16.1. The number of anilines is 1. The second-order valence-corrected chi connectivity index (χ2v) is 8.65. The summed E-state index contributed by atoms with van der Waals surface area (Å²) in [6, 6.07) is 22.1. The van der Waals surface area contributed by atoms with E-state index in [0.29, 0.717) is 24.0 Å². The first-order valence-corrected chi connectivity index (χ1v) is 11.2. The van der Waals surface area contributed by atoms with Gasteiger partial charge in [0, 0.05) is 34.8 Å². The molecule has 7 heteroatoms. The van der Waals surface area contributed by atoms with E-state index in [-0.39, 0.29) is 0 Å². The summed E-state index contributed by atoms with van der Waals surface area (Å²) >= 11 is 0. The van der Waals surface area contributed by atoms with Crippen molar-refractivity contribution in [3.05, 3.63) is 89.2 Å². The van der Waals surface area contributed by atoms with Crippen molar-refractivity contribution in [2.75, 3.05) is 5.32 Å². The molecule has 164 valence electrons. The summed E-state index contributed by atoms with van der Waals surface area (Å²) < 4.78 is 4.02. The van der Waals surface area contributed by atoms with Crippen molar-refractivity contribution in [1.82, 2.24) is 19.2 Å². The van der Waals surface area contributed by atoms with Gasteiger partial charge < -0.3 is 11.1 Å². The van der Waals surface area contributed by atoms with Crippen LogP contribution in [0.25, 0.3) is 22.4 Å². The zero-order valence-corrected chi connectivity index (χ0v) is 18.3. The molecule has 1 fully saturated rings. The zero-order chi connectivity index (χ0) is 22.5. The van der Waals surface area contributed by atoms with Crippen molar-refractivity contribution < 1.29 is 4.79 Å². The van der Waals surface area contributed by atoms with Crippen LogP contribution in [0, 0.1) is 6.92 Å². The number of amides is 1. The Kier molecular flexibility index (Phi) is 4.43. The normalized spacial score (nSPS) is 13.6. The van der Waals surface area contributed by atoms with E-state index in [4.69, 9.17) is 15.8 Å². The van der Waals surface area contributed by atoms with Crippen LogP contribution in [0.1, 0.15) is 46.1 Å². The van der Waals surface area contributed by atoms with Crippen molar-refractivity contribution in [1.29, 1.82) is 0 Å². The van der Waals surface area contributed by atoms with Crippen LogP contribution in [0.5, 0.6) is 0 Å². The van der Waals surface area contributed by atoms with Gasteiger partial charge in [0.25, 0.3) is 5.95 Å². The first kappa shape index (κ1) is 19.5. The van der Waals surface area contributed by atoms with Crippen molar-refractivity contribution >= 4 is 28.1 Å². The van der Waals surface area contributed by atoms with Gasteiger partial charge in [-0.2, -0.15) is 4.98 Å². The number of fused-ring (bicyclic) bond motifs is 2. The summed E-state index contributed by atoms with van der Waals surface area (Å²) in [5.41, 5.74) is 11.3. The highest BCUT2D eigenvalue weighted by Crippen LogP contribution is 2.41. The number of hydrogen-bond acceptors (Lipinski definition) is 4. The Bertz CT molecular complexity index is 1510. The lowest BCUT2D eigenvalue weighted by Crippen LogP contribution is -2.13. The average Bonchev–Trinajstić information content (AvgIpc) is 3.48. The number of aromatic nitrogens is 4. The van der Waals surface area contributed by atoms with Crippen LogP contribution in [0.2, 0.25) is 0 Å². The molecule has 1 saturated carbocycles. The van der Waals surface area contributed by atoms with Crippen LogP contribution in [0.4, 0.5) is 5.82 Å². The van der Waals surface area contributed by atoms with Crippen molar-refractivity contribution in [3.8, 4) is 5.95 Å². The van der Waals surface area contributed by atoms with Crippen molar-refractivity contribution in [3.63, 3.8) is 0 Å². The summed E-state index contributed by atoms with van der Waals surface area (Å²) in [6.07, 6.45) is 2.37. The number of nitrogens with two attached hydrogens (primary N) is 1. The van der Waals surface area contributed by atoms with E-state index in [2.05, 4.69) is 29.6 Å². The maximum atomic E-state index is 12.0. The van der Waals surface area contributed by atoms with Crippen molar-refractivity contribution in [2.24, 2.45) is 5.73 Å².